The van der Waals surface area contributed by atoms with Crippen molar-refractivity contribution in [2.24, 2.45) is 0 Å². The van der Waals surface area contributed by atoms with Crippen LogP contribution in [-0.4, -0.2) is 28.0 Å². The minimum Gasteiger partial charge on any atom is -0.495 e. The highest BCUT2D eigenvalue weighted by atomic mass is 32.2. The number of amides is 1. The lowest BCUT2D eigenvalue weighted by molar-refractivity contribution is -0.115. The van der Waals surface area contributed by atoms with Gasteiger partial charge in [-0.2, -0.15) is 0 Å². The molecule has 0 radical (unpaired) electrons. The summed E-state index contributed by atoms with van der Waals surface area (Å²) < 4.78 is 45.0. The minimum absolute atomic E-state index is 0.104. The minimum atomic E-state index is -3.92. The molecule has 0 aliphatic heterocycles. The number of hydrogen-bond donors (Lipinski definition) is 2. The first-order chi connectivity index (χ1) is 11.7. The molecule has 25 heavy (non-hydrogen) atoms. The van der Waals surface area contributed by atoms with Crippen LogP contribution < -0.4 is 14.8 Å². The number of carbonyl (C=O) groups excluding carboxylic acids is 1. The molecule has 134 valence electrons. The molecule has 2 N–H and O–H groups in total. The molecule has 0 aliphatic rings. The van der Waals surface area contributed by atoms with Crippen molar-refractivity contribution in [1.82, 2.24) is 4.72 Å². The van der Waals surface area contributed by atoms with E-state index in [0.717, 1.165) is 17.7 Å². The maximum Gasteiger partial charge on any atom is 0.241 e. The van der Waals surface area contributed by atoms with E-state index in [1.54, 1.807) is 12.1 Å². The summed E-state index contributed by atoms with van der Waals surface area (Å²) in [4.78, 5) is 11.9. The van der Waals surface area contributed by atoms with E-state index in [2.05, 4.69) is 10.0 Å². The van der Waals surface area contributed by atoms with Gasteiger partial charge in [0, 0.05) is 0 Å². The number of aryl methyl sites for hydroxylation is 2. The molecule has 0 unspecified atom stereocenters. The smallest absolute Gasteiger partial charge is 0.241 e. The molecule has 2 aromatic carbocycles. The van der Waals surface area contributed by atoms with Crippen LogP contribution in [0.15, 0.2) is 41.3 Å². The van der Waals surface area contributed by atoms with Gasteiger partial charge >= 0.3 is 0 Å². The van der Waals surface area contributed by atoms with Crippen LogP contribution in [0.4, 0.5) is 10.1 Å². The molecule has 0 atom stereocenters. The molecule has 2 aromatic rings. The number of ether oxygens (including phenoxy) is 1. The van der Waals surface area contributed by atoms with E-state index in [0.29, 0.717) is 11.4 Å². The van der Waals surface area contributed by atoms with E-state index < -0.39 is 28.3 Å². The second kappa shape index (κ2) is 7.62. The van der Waals surface area contributed by atoms with Gasteiger partial charge in [0.05, 0.1) is 24.2 Å². The van der Waals surface area contributed by atoms with Crippen molar-refractivity contribution in [3.63, 3.8) is 0 Å². The number of hydrogen-bond acceptors (Lipinski definition) is 4. The highest BCUT2D eigenvalue weighted by molar-refractivity contribution is 7.89. The topological polar surface area (TPSA) is 84.5 Å². The summed E-state index contributed by atoms with van der Waals surface area (Å²) in [5.74, 6) is -0.578. The number of methoxy groups -OCH3 is 1. The molecule has 0 aromatic heterocycles. The summed E-state index contributed by atoms with van der Waals surface area (Å²) in [5, 5.41) is 2.60. The van der Waals surface area contributed by atoms with Crippen molar-refractivity contribution in [2.75, 3.05) is 19.0 Å². The van der Waals surface area contributed by atoms with Gasteiger partial charge < -0.3 is 10.1 Å². The standard InChI is InChI=1S/C17H19FN2O4S/c1-11-4-7-16(24-3)15(8-11)20-17(21)10-19-25(22,23)13-5-6-14(18)12(2)9-13/h4-9,19H,10H2,1-3H3,(H,20,21). The van der Waals surface area contributed by atoms with Crippen molar-refractivity contribution in [3.8, 4) is 5.75 Å². The molecular weight excluding hydrogens is 347 g/mol. The van der Waals surface area contributed by atoms with E-state index in [1.807, 2.05) is 13.0 Å². The fourth-order valence-corrected chi connectivity index (χ4v) is 3.21. The normalized spacial score (nSPS) is 11.2. The molecule has 0 fully saturated rings. The third-order valence-electron chi connectivity index (χ3n) is 3.49. The zero-order chi connectivity index (χ0) is 18.6. The predicted molar refractivity (Wildman–Crippen MR) is 92.7 cm³/mol. The van der Waals surface area contributed by atoms with E-state index in [-0.39, 0.29) is 10.5 Å². The maximum absolute atomic E-state index is 13.3. The Labute approximate surface area is 146 Å². The van der Waals surface area contributed by atoms with E-state index >= 15 is 0 Å². The first-order valence-electron chi connectivity index (χ1n) is 7.43. The van der Waals surface area contributed by atoms with Crippen LogP contribution >= 0.6 is 0 Å². The lowest BCUT2D eigenvalue weighted by Crippen LogP contribution is -2.33. The number of sulfonamides is 1. The van der Waals surface area contributed by atoms with Gasteiger partial charge in [0.1, 0.15) is 11.6 Å². The average molecular weight is 366 g/mol. The van der Waals surface area contributed by atoms with Gasteiger partial charge in [0.2, 0.25) is 15.9 Å². The van der Waals surface area contributed by atoms with E-state index in [4.69, 9.17) is 4.74 Å². The predicted octanol–water partition coefficient (Wildman–Crippen LogP) is 2.37. The molecule has 2 rings (SSSR count). The molecule has 8 heteroatoms. The second-order valence-corrected chi connectivity index (χ2v) is 7.25. The molecule has 0 spiro atoms. The molecular formula is C17H19FN2O4S. The van der Waals surface area contributed by atoms with Crippen LogP contribution in [0.25, 0.3) is 0 Å². The highest BCUT2D eigenvalue weighted by Crippen LogP contribution is 2.25. The van der Waals surface area contributed by atoms with Crippen molar-refractivity contribution < 1.29 is 22.3 Å². The first kappa shape index (κ1) is 18.9. The summed E-state index contributed by atoms with van der Waals surface area (Å²) in [6.07, 6.45) is 0. The summed E-state index contributed by atoms with van der Waals surface area (Å²) in [5.41, 5.74) is 1.57. The van der Waals surface area contributed by atoms with Crippen LogP contribution in [0.1, 0.15) is 11.1 Å². The molecule has 0 heterocycles. The third-order valence-corrected chi connectivity index (χ3v) is 4.89. The second-order valence-electron chi connectivity index (χ2n) is 5.49. The lowest BCUT2D eigenvalue weighted by Gasteiger charge is -2.12. The third kappa shape index (κ3) is 4.77. The Kier molecular flexibility index (Phi) is 5.76. The van der Waals surface area contributed by atoms with Crippen molar-refractivity contribution in [3.05, 3.63) is 53.3 Å². The van der Waals surface area contributed by atoms with Crippen LogP contribution in [0.2, 0.25) is 0 Å². The van der Waals surface area contributed by atoms with Gasteiger partial charge in [-0.1, -0.05) is 6.07 Å². The Hall–Kier alpha value is -2.45. The van der Waals surface area contributed by atoms with Gasteiger partial charge in [-0.05, 0) is 55.3 Å². The number of halogens is 1. The summed E-state index contributed by atoms with van der Waals surface area (Å²) >= 11 is 0. The Morgan fingerprint density at radius 1 is 1.16 bits per heavy atom. The highest BCUT2D eigenvalue weighted by Gasteiger charge is 2.17. The molecule has 6 nitrogen and oxygen atoms in total. The monoisotopic (exact) mass is 366 g/mol. The Bertz CT molecular complexity index is 898. The average Bonchev–Trinajstić information content (AvgIpc) is 2.56. The summed E-state index contributed by atoms with van der Waals surface area (Å²) in [6, 6.07) is 8.67. The fraction of sp³-hybridized carbons (Fsp3) is 0.235. The molecule has 0 aliphatic carbocycles. The SMILES string of the molecule is COc1ccc(C)cc1NC(=O)CNS(=O)(=O)c1ccc(F)c(C)c1. The molecule has 0 saturated carbocycles. The molecule has 0 saturated heterocycles. The van der Waals surface area contributed by atoms with Crippen molar-refractivity contribution in [1.29, 1.82) is 0 Å². The van der Waals surface area contributed by atoms with Crippen molar-refractivity contribution in [2.45, 2.75) is 18.7 Å². The van der Waals surface area contributed by atoms with Crippen LogP contribution in [0.3, 0.4) is 0 Å². The van der Waals surface area contributed by atoms with Crippen LogP contribution in [-0.2, 0) is 14.8 Å². The zero-order valence-electron chi connectivity index (χ0n) is 14.1. The number of nitrogens with one attached hydrogen (secondary N) is 2. The quantitative estimate of drug-likeness (QED) is 0.822. The van der Waals surface area contributed by atoms with E-state index in [9.17, 15) is 17.6 Å². The maximum atomic E-state index is 13.3. The molecule has 0 bridgehead atoms. The molecule has 1 amide bonds. The lowest BCUT2D eigenvalue weighted by atomic mass is 10.2. The first-order valence-corrected chi connectivity index (χ1v) is 8.91. The van der Waals surface area contributed by atoms with Gasteiger partial charge in [0.25, 0.3) is 0 Å². The van der Waals surface area contributed by atoms with Gasteiger partial charge in [-0.3, -0.25) is 4.79 Å². The Morgan fingerprint density at radius 2 is 1.88 bits per heavy atom. The van der Waals surface area contributed by atoms with Crippen molar-refractivity contribution >= 4 is 21.6 Å². The Balaban J connectivity index is 2.06. The van der Waals surface area contributed by atoms with E-state index in [1.165, 1.54) is 20.1 Å². The number of anilines is 1. The summed E-state index contributed by atoms with van der Waals surface area (Å²) in [6.45, 7) is 2.86. The van der Waals surface area contributed by atoms with Gasteiger partial charge in [-0.25, -0.2) is 17.5 Å². The Morgan fingerprint density at radius 3 is 2.52 bits per heavy atom. The largest absolute Gasteiger partial charge is 0.495 e. The number of rotatable bonds is 6. The van der Waals surface area contributed by atoms with Crippen LogP contribution in [0.5, 0.6) is 5.75 Å². The summed E-state index contributed by atoms with van der Waals surface area (Å²) in [7, 11) is -2.45. The van der Waals surface area contributed by atoms with Crippen LogP contribution in [0, 0.1) is 19.7 Å². The van der Waals surface area contributed by atoms with Gasteiger partial charge in [-0.15, -0.1) is 0 Å². The number of carbonyl (C=O) groups is 1. The number of benzene rings is 2. The fourth-order valence-electron chi connectivity index (χ4n) is 2.14. The van der Waals surface area contributed by atoms with Gasteiger partial charge in [0.15, 0.2) is 0 Å². The zero-order valence-corrected chi connectivity index (χ0v) is 14.9.